The van der Waals surface area contributed by atoms with Crippen molar-refractivity contribution in [3.63, 3.8) is 0 Å². The predicted octanol–water partition coefficient (Wildman–Crippen LogP) is 1.18. The van der Waals surface area contributed by atoms with Gasteiger partial charge in [0.2, 0.25) is 5.91 Å². The van der Waals surface area contributed by atoms with Gasteiger partial charge in [0, 0.05) is 11.8 Å². The van der Waals surface area contributed by atoms with Crippen LogP contribution in [0.15, 0.2) is 12.4 Å². The number of carbonyl (C=O) groups is 1. The van der Waals surface area contributed by atoms with Gasteiger partial charge in [-0.25, -0.2) is 9.97 Å². The smallest absolute Gasteiger partial charge is 0.233 e. The van der Waals surface area contributed by atoms with Crippen LogP contribution >= 0.6 is 0 Å². The topological polar surface area (TPSA) is 64.1 Å². The largest absolute Gasteiger partial charge is 0.380 e. The quantitative estimate of drug-likeness (QED) is 0.832. The molecule has 0 bridgehead atoms. The van der Waals surface area contributed by atoms with E-state index in [0.717, 1.165) is 5.69 Å². The van der Waals surface area contributed by atoms with Crippen LogP contribution < -0.4 is 5.32 Å². The Bertz CT molecular complexity index is 389. The molecule has 5 nitrogen and oxygen atoms in total. The van der Waals surface area contributed by atoms with Gasteiger partial charge in [0.15, 0.2) is 0 Å². The highest BCUT2D eigenvalue weighted by molar-refractivity contribution is 5.92. The summed E-state index contributed by atoms with van der Waals surface area (Å²) < 4.78 is 4.96. The zero-order valence-electron chi connectivity index (χ0n) is 9.43. The van der Waals surface area contributed by atoms with Gasteiger partial charge >= 0.3 is 0 Å². The Labute approximate surface area is 94.2 Å². The lowest BCUT2D eigenvalue weighted by Crippen LogP contribution is -2.38. The maximum Gasteiger partial charge on any atom is 0.233 e. The van der Waals surface area contributed by atoms with Crippen molar-refractivity contribution in [1.82, 2.24) is 9.97 Å². The molecule has 0 spiro atoms. The Balaban J connectivity index is 2.03. The lowest BCUT2D eigenvalue weighted by molar-refractivity contribution is -0.133. The van der Waals surface area contributed by atoms with E-state index in [1.807, 2.05) is 19.9 Å². The highest BCUT2D eigenvalue weighted by Gasteiger charge is 2.26. The maximum atomic E-state index is 11.6. The number of carbonyl (C=O) groups excluding carboxylic acids is 1. The molecule has 0 atom stereocenters. The van der Waals surface area contributed by atoms with Gasteiger partial charge in [-0.2, -0.15) is 0 Å². The molecular formula is C11H15N3O2. The van der Waals surface area contributed by atoms with Crippen molar-refractivity contribution < 1.29 is 9.53 Å². The molecule has 86 valence electrons. The van der Waals surface area contributed by atoms with Crippen molar-refractivity contribution in [2.24, 2.45) is 5.92 Å². The molecule has 0 radical (unpaired) electrons. The van der Waals surface area contributed by atoms with E-state index in [1.165, 1.54) is 6.33 Å². The van der Waals surface area contributed by atoms with Crippen LogP contribution in [0, 0.1) is 5.92 Å². The van der Waals surface area contributed by atoms with Crippen LogP contribution in [-0.4, -0.2) is 29.1 Å². The van der Waals surface area contributed by atoms with Crippen LogP contribution in [0.25, 0.3) is 0 Å². The van der Waals surface area contributed by atoms with Gasteiger partial charge in [0.25, 0.3) is 0 Å². The molecule has 0 unspecified atom stereocenters. The molecule has 0 saturated carbocycles. The second kappa shape index (κ2) is 4.57. The van der Waals surface area contributed by atoms with Gasteiger partial charge in [0.05, 0.1) is 19.1 Å². The Morgan fingerprint density at radius 3 is 2.81 bits per heavy atom. The molecule has 0 aliphatic carbocycles. The molecule has 1 aromatic heterocycles. The summed E-state index contributed by atoms with van der Waals surface area (Å²) >= 11 is 0. The van der Waals surface area contributed by atoms with Gasteiger partial charge in [-0.1, -0.05) is 13.8 Å². The molecule has 1 amide bonds. The molecule has 5 heteroatoms. The highest BCUT2D eigenvalue weighted by atomic mass is 16.5. The molecular weight excluding hydrogens is 206 g/mol. The minimum absolute atomic E-state index is 0.0281. The van der Waals surface area contributed by atoms with Gasteiger partial charge in [-0.15, -0.1) is 0 Å². The van der Waals surface area contributed by atoms with Crippen molar-refractivity contribution in [2.75, 3.05) is 18.5 Å². The molecule has 2 heterocycles. The molecule has 0 aromatic carbocycles. The van der Waals surface area contributed by atoms with E-state index in [1.54, 1.807) is 0 Å². The average Bonchev–Trinajstić information content (AvgIpc) is 2.15. The van der Waals surface area contributed by atoms with Crippen molar-refractivity contribution in [3.8, 4) is 0 Å². The minimum Gasteiger partial charge on any atom is -0.380 e. The monoisotopic (exact) mass is 221 g/mol. The third-order valence-electron chi connectivity index (χ3n) is 2.54. The summed E-state index contributed by atoms with van der Waals surface area (Å²) in [6, 6.07) is 1.81. The van der Waals surface area contributed by atoms with Crippen LogP contribution in [-0.2, 0) is 9.53 Å². The summed E-state index contributed by atoms with van der Waals surface area (Å²) in [6.45, 7) is 5.11. The summed E-state index contributed by atoms with van der Waals surface area (Å²) in [5.74, 6) is 0.832. The first-order valence-corrected chi connectivity index (χ1v) is 5.37. The first-order chi connectivity index (χ1) is 7.66. The fraction of sp³-hybridized carbons (Fsp3) is 0.545. The average molecular weight is 221 g/mol. The van der Waals surface area contributed by atoms with Gasteiger partial charge in [0.1, 0.15) is 12.1 Å². The van der Waals surface area contributed by atoms with E-state index in [0.29, 0.717) is 24.9 Å². The zero-order valence-corrected chi connectivity index (χ0v) is 9.43. The number of anilines is 1. The van der Waals surface area contributed by atoms with E-state index in [4.69, 9.17) is 4.74 Å². The standard InChI is InChI=1S/C11H15N3O2/c1-7(2)9-3-10(13-6-12-9)14-11(15)8-4-16-5-8/h3,6-8H,4-5H2,1-2H3,(H,12,13,14,15). The summed E-state index contributed by atoms with van der Waals surface area (Å²) in [5.41, 5.74) is 0.926. The van der Waals surface area contributed by atoms with Gasteiger partial charge in [-0.3, -0.25) is 4.79 Å². The first-order valence-electron chi connectivity index (χ1n) is 5.37. The second-order valence-corrected chi connectivity index (χ2v) is 4.21. The number of ether oxygens (including phenoxy) is 1. The fourth-order valence-electron chi connectivity index (χ4n) is 1.37. The number of hydrogen-bond donors (Lipinski definition) is 1. The third-order valence-corrected chi connectivity index (χ3v) is 2.54. The van der Waals surface area contributed by atoms with E-state index in [2.05, 4.69) is 15.3 Å². The van der Waals surface area contributed by atoms with Gasteiger partial charge in [-0.05, 0) is 5.92 Å². The molecule has 1 aliphatic heterocycles. The fourth-order valence-corrected chi connectivity index (χ4v) is 1.37. The third kappa shape index (κ3) is 2.36. The molecule has 1 aliphatic rings. The van der Waals surface area contributed by atoms with Crippen LogP contribution in [0.4, 0.5) is 5.82 Å². The lowest BCUT2D eigenvalue weighted by Gasteiger charge is -2.24. The lowest BCUT2D eigenvalue weighted by atomic mass is 10.1. The second-order valence-electron chi connectivity index (χ2n) is 4.21. The summed E-state index contributed by atoms with van der Waals surface area (Å²) in [4.78, 5) is 19.8. The van der Waals surface area contributed by atoms with Crippen molar-refractivity contribution in [2.45, 2.75) is 19.8 Å². The molecule has 1 N–H and O–H groups in total. The Morgan fingerprint density at radius 1 is 1.50 bits per heavy atom. The maximum absolute atomic E-state index is 11.6. The molecule has 16 heavy (non-hydrogen) atoms. The molecule has 2 rings (SSSR count). The van der Waals surface area contributed by atoms with Crippen LogP contribution in [0.5, 0.6) is 0 Å². The molecule has 1 fully saturated rings. The Morgan fingerprint density at radius 2 is 2.25 bits per heavy atom. The number of aromatic nitrogens is 2. The summed E-state index contributed by atoms with van der Waals surface area (Å²) in [6.07, 6.45) is 1.47. The normalized spacial score (nSPS) is 15.9. The SMILES string of the molecule is CC(C)c1cc(NC(=O)C2COC2)ncn1. The first kappa shape index (κ1) is 11.0. The Hall–Kier alpha value is -1.49. The number of rotatable bonds is 3. The van der Waals surface area contributed by atoms with Gasteiger partial charge < -0.3 is 10.1 Å². The predicted molar refractivity (Wildman–Crippen MR) is 59.1 cm³/mol. The Kier molecular flexibility index (Phi) is 3.14. The minimum atomic E-state index is -0.0301. The summed E-state index contributed by atoms with van der Waals surface area (Å²) in [5, 5.41) is 2.77. The molecule has 1 saturated heterocycles. The number of amides is 1. The van der Waals surface area contributed by atoms with Crippen LogP contribution in [0.1, 0.15) is 25.5 Å². The van der Waals surface area contributed by atoms with Crippen LogP contribution in [0.3, 0.4) is 0 Å². The number of hydrogen-bond acceptors (Lipinski definition) is 4. The molecule has 1 aromatic rings. The van der Waals surface area contributed by atoms with Crippen molar-refractivity contribution >= 4 is 11.7 Å². The van der Waals surface area contributed by atoms with E-state index >= 15 is 0 Å². The van der Waals surface area contributed by atoms with E-state index in [-0.39, 0.29) is 11.8 Å². The summed E-state index contributed by atoms with van der Waals surface area (Å²) in [7, 11) is 0. The van der Waals surface area contributed by atoms with E-state index < -0.39 is 0 Å². The number of nitrogens with one attached hydrogen (secondary N) is 1. The van der Waals surface area contributed by atoms with Crippen molar-refractivity contribution in [1.29, 1.82) is 0 Å². The zero-order chi connectivity index (χ0) is 11.5. The van der Waals surface area contributed by atoms with Crippen molar-refractivity contribution in [3.05, 3.63) is 18.1 Å². The van der Waals surface area contributed by atoms with Crippen LogP contribution in [0.2, 0.25) is 0 Å². The highest BCUT2D eigenvalue weighted by Crippen LogP contribution is 2.16. The number of nitrogens with zero attached hydrogens (tertiary/aromatic N) is 2. The van der Waals surface area contributed by atoms with E-state index in [9.17, 15) is 4.79 Å².